The van der Waals surface area contributed by atoms with Crippen LogP contribution in [0, 0.1) is 0 Å². The third kappa shape index (κ3) is 4.17. The molecule has 0 aliphatic heterocycles. The van der Waals surface area contributed by atoms with Crippen molar-refractivity contribution in [3.8, 4) is 0 Å². The van der Waals surface area contributed by atoms with E-state index in [0.29, 0.717) is 5.56 Å². The standard InChI is InChI=1S/C18H21N3O3S.ClH/c1-20-25(23,24)15-8-5-12(6-9-15)18(22)21-17-4-2-3-13-11-14(19)7-10-16(13)17;/h5-11,17,20H,2-4,19H2,1H3,(H,21,22);1H. The third-order valence-electron chi connectivity index (χ3n) is 4.48. The fraction of sp³-hybridized carbons (Fsp3) is 0.278. The number of carbonyl (C=O) groups excluding carboxylic acids is 1. The Morgan fingerprint density at radius 1 is 1.15 bits per heavy atom. The molecule has 0 heterocycles. The summed E-state index contributed by atoms with van der Waals surface area (Å²) in [6.45, 7) is 0. The molecule has 1 unspecified atom stereocenters. The van der Waals surface area contributed by atoms with Crippen LogP contribution in [0.25, 0.3) is 0 Å². The van der Waals surface area contributed by atoms with Gasteiger partial charge in [-0.3, -0.25) is 4.79 Å². The summed E-state index contributed by atoms with van der Waals surface area (Å²) in [6, 6.07) is 11.6. The summed E-state index contributed by atoms with van der Waals surface area (Å²) in [7, 11) is -2.16. The molecule has 1 amide bonds. The van der Waals surface area contributed by atoms with E-state index in [2.05, 4.69) is 10.0 Å². The Labute approximate surface area is 159 Å². The highest BCUT2D eigenvalue weighted by atomic mass is 35.5. The molecule has 0 bridgehead atoms. The summed E-state index contributed by atoms with van der Waals surface area (Å²) in [4.78, 5) is 12.6. The van der Waals surface area contributed by atoms with Gasteiger partial charge in [-0.25, -0.2) is 13.1 Å². The summed E-state index contributed by atoms with van der Waals surface area (Å²) < 4.78 is 25.7. The van der Waals surface area contributed by atoms with Crippen LogP contribution in [0.5, 0.6) is 0 Å². The van der Waals surface area contributed by atoms with Crippen molar-refractivity contribution in [1.82, 2.24) is 10.0 Å². The smallest absolute Gasteiger partial charge is 0.251 e. The number of benzene rings is 2. The van der Waals surface area contributed by atoms with Crippen LogP contribution in [0.4, 0.5) is 5.69 Å². The summed E-state index contributed by atoms with van der Waals surface area (Å²) in [5.74, 6) is -0.219. The molecule has 0 fully saturated rings. The number of hydrogen-bond acceptors (Lipinski definition) is 4. The number of carbonyl (C=O) groups is 1. The quantitative estimate of drug-likeness (QED) is 0.692. The van der Waals surface area contributed by atoms with Crippen molar-refractivity contribution in [2.75, 3.05) is 12.8 Å². The average molecular weight is 396 g/mol. The van der Waals surface area contributed by atoms with Gasteiger partial charge >= 0.3 is 0 Å². The lowest BCUT2D eigenvalue weighted by Gasteiger charge is -2.26. The molecular formula is C18H22ClN3O3S. The molecule has 3 rings (SSSR count). The minimum absolute atomic E-state index is 0. The zero-order chi connectivity index (χ0) is 18.0. The number of anilines is 1. The molecular weight excluding hydrogens is 374 g/mol. The largest absolute Gasteiger partial charge is 0.399 e. The second kappa shape index (κ2) is 8.07. The lowest BCUT2D eigenvalue weighted by Crippen LogP contribution is -2.31. The van der Waals surface area contributed by atoms with Crippen LogP contribution >= 0.6 is 12.4 Å². The van der Waals surface area contributed by atoms with Crippen LogP contribution in [-0.2, 0) is 16.4 Å². The minimum Gasteiger partial charge on any atom is -0.399 e. The highest BCUT2D eigenvalue weighted by Gasteiger charge is 2.22. The molecule has 1 aliphatic carbocycles. The number of nitrogens with one attached hydrogen (secondary N) is 2. The number of rotatable bonds is 4. The Kier molecular flexibility index (Phi) is 6.28. The van der Waals surface area contributed by atoms with E-state index < -0.39 is 10.0 Å². The van der Waals surface area contributed by atoms with Gasteiger partial charge in [0, 0.05) is 11.3 Å². The van der Waals surface area contributed by atoms with E-state index in [1.54, 1.807) is 0 Å². The van der Waals surface area contributed by atoms with Crippen LogP contribution < -0.4 is 15.8 Å². The zero-order valence-electron chi connectivity index (χ0n) is 14.4. The number of fused-ring (bicyclic) bond motifs is 1. The second-order valence-electron chi connectivity index (χ2n) is 6.11. The normalized spacial score (nSPS) is 16.3. The van der Waals surface area contributed by atoms with Crippen LogP contribution in [0.1, 0.15) is 40.4 Å². The predicted molar refractivity (Wildman–Crippen MR) is 104 cm³/mol. The van der Waals surface area contributed by atoms with Crippen LogP contribution in [-0.4, -0.2) is 21.4 Å². The van der Waals surface area contributed by atoms with Crippen molar-refractivity contribution in [3.05, 3.63) is 59.2 Å². The first-order chi connectivity index (χ1) is 11.9. The van der Waals surface area contributed by atoms with Crippen molar-refractivity contribution >= 4 is 34.0 Å². The maximum atomic E-state index is 12.5. The first-order valence-electron chi connectivity index (χ1n) is 8.13. The summed E-state index contributed by atoms with van der Waals surface area (Å²) in [6.07, 6.45) is 2.82. The van der Waals surface area contributed by atoms with Crippen LogP contribution in [0.3, 0.4) is 0 Å². The number of halogens is 1. The van der Waals surface area contributed by atoms with Gasteiger partial charge in [-0.2, -0.15) is 0 Å². The molecule has 140 valence electrons. The van der Waals surface area contributed by atoms with Gasteiger partial charge < -0.3 is 11.1 Å². The topological polar surface area (TPSA) is 101 Å². The first kappa shape index (κ1) is 20.2. The molecule has 8 heteroatoms. The lowest BCUT2D eigenvalue weighted by atomic mass is 9.87. The van der Waals surface area contributed by atoms with Gasteiger partial charge in [-0.05, 0) is 73.8 Å². The highest BCUT2D eigenvalue weighted by molar-refractivity contribution is 7.89. The van der Waals surface area contributed by atoms with Crippen molar-refractivity contribution in [1.29, 1.82) is 0 Å². The maximum Gasteiger partial charge on any atom is 0.251 e. The fourth-order valence-electron chi connectivity index (χ4n) is 3.13. The molecule has 26 heavy (non-hydrogen) atoms. The first-order valence-corrected chi connectivity index (χ1v) is 9.62. The molecule has 0 radical (unpaired) electrons. The fourth-order valence-corrected chi connectivity index (χ4v) is 3.86. The molecule has 2 aromatic rings. The second-order valence-corrected chi connectivity index (χ2v) is 7.99. The summed E-state index contributed by atoms with van der Waals surface area (Å²) >= 11 is 0. The number of amides is 1. The third-order valence-corrected chi connectivity index (χ3v) is 5.91. The number of hydrogen-bond donors (Lipinski definition) is 3. The average Bonchev–Trinajstić information content (AvgIpc) is 2.61. The molecule has 4 N–H and O–H groups in total. The Morgan fingerprint density at radius 2 is 1.85 bits per heavy atom. The van der Waals surface area contributed by atoms with Gasteiger partial charge in [0.15, 0.2) is 0 Å². The van der Waals surface area contributed by atoms with Crippen LogP contribution in [0.2, 0.25) is 0 Å². The van der Waals surface area contributed by atoms with E-state index in [-0.39, 0.29) is 29.3 Å². The van der Waals surface area contributed by atoms with Gasteiger partial charge in [0.2, 0.25) is 10.0 Å². The van der Waals surface area contributed by atoms with Gasteiger partial charge in [-0.15, -0.1) is 12.4 Å². The van der Waals surface area contributed by atoms with E-state index in [0.717, 1.165) is 30.5 Å². The monoisotopic (exact) mass is 395 g/mol. The molecule has 0 aromatic heterocycles. The van der Waals surface area contributed by atoms with E-state index in [9.17, 15) is 13.2 Å². The molecule has 1 aliphatic rings. The molecule has 6 nitrogen and oxygen atoms in total. The van der Waals surface area contributed by atoms with Crippen molar-refractivity contribution < 1.29 is 13.2 Å². The van der Waals surface area contributed by atoms with Crippen LogP contribution in [0.15, 0.2) is 47.4 Å². The van der Waals surface area contributed by atoms with E-state index in [1.165, 1.54) is 36.9 Å². The Bertz CT molecular complexity index is 898. The highest BCUT2D eigenvalue weighted by Crippen LogP contribution is 2.31. The van der Waals surface area contributed by atoms with Gasteiger partial charge in [0.05, 0.1) is 10.9 Å². The van der Waals surface area contributed by atoms with E-state index in [1.807, 2.05) is 18.2 Å². The number of aryl methyl sites for hydroxylation is 1. The van der Waals surface area contributed by atoms with Crippen molar-refractivity contribution in [2.45, 2.75) is 30.2 Å². The lowest BCUT2D eigenvalue weighted by molar-refractivity contribution is 0.0932. The van der Waals surface area contributed by atoms with Gasteiger partial charge in [-0.1, -0.05) is 6.07 Å². The van der Waals surface area contributed by atoms with Gasteiger partial charge in [0.1, 0.15) is 0 Å². The van der Waals surface area contributed by atoms with E-state index in [4.69, 9.17) is 5.73 Å². The molecule has 0 spiro atoms. The van der Waals surface area contributed by atoms with Crippen molar-refractivity contribution in [3.63, 3.8) is 0 Å². The Hall–Kier alpha value is -2.09. The molecule has 1 atom stereocenters. The minimum atomic E-state index is -3.51. The van der Waals surface area contributed by atoms with Gasteiger partial charge in [0.25, 0.3) is 5.91 Å². The Morgan fingerprint density at radius 3 is 2.50 bits per heavy atom. The maximum absolute atomic E-state index is 12.5. The summed E-state index contributed by atoms with van der Waals surface area (Å²) in [5, 5.41) is 3.04. The molecule has 0 saturated heterocycles. The SMILES string of the molecule is CNS(=O)(=O)c1ccc(C(=O)NC2CCCc3cc(N)ccc32)cc1.Cl. The Balaban J connectivity index is 0.00000243. The number of nitrogens with two attached hydrogens (primary N) is 1. The predicted octanol–water partition coefficient (Wildman–Crippen LogP) is 2.41. The number of nitrogen functional groups attached to an aromatic ring is 1. The van der Waals surface area contributed by atoms with Crippen molar-refractivity contribution in [2.24, 2.45) is 0 Å². The van der Waals surface area contributed by atoms with E-state index >= 15 is 0 Å². The zero-order valence-corrected chi connectivity index (χ0v) is 16.0. The summed E-state index contributed by atoms with van der Waals surface area (Å²) in [5.41, 5.74) is 9.27. The molecule has 0 saturated carbocycles. The molecule has 2 aromatic carbocycles. The number of sulfonamides is 1.